The number of nitrogens with zero attached hydrogens (tertiary/aromatic N) is 6. The standard InChI is InChI=1S/C48H64N9O16P3/c1-48(2)35-25-29(54(3)4)18-20-33(35)39(34-21-19-30(55(5)6)26-36(34)48)31-15-10-11-16-32(31)45(62)56(7)23-14-17-38(58)50-22-12-8-9-13-24-69-74(63,64)72-76(67,68)73-75(65,66)70-27-37-41(59)42(60)46(71-37)57-28-51-40-43(57)52-47(49)53-44(40)61/h10-11,15-16,18-21,25-26,28,37,41-42,46,59-60H,8-9,12-14,17,22-24,27H2,1-7H3,(H6-,49,50,52,53,58,61,63,64,65,66,67,68)/p+1/t37-,41-,42-,46-/m1/s1. The molecule has 412 valence electrons. The number of H-pyrrole nitrogens is 1. The molecule has 0 radical (unpaired) electrons. The van der Waals surface area contributed by atoms with Gasteiger partial charge in [-0.15, -0.1) is 0 Å². The number of carbonyl (C=O) groups is 2. The van der Waals surface area contributed by atoms with Crippen molar-refractivity contribution >= 4 is 69.4 Å². The van der Waals surface area contributed by atoms with Gasteiger partial charge in [-0.1, -0.05) is 51.0 Å². The van der Waals surface area contributed by atoms with Crippen LogP contribution in [0.4, 0.5) is 11.6 Å². The van der Waals surface area contributed by atoms with Gasteiger partial charge >= 0.3 is 23.5 Å². The molecule has 0 saturated carbocycles. The maximum absolute atomic E-state index is 14.2. The van der Waals surface area contributed by atoms with Gasteiger partial charge in [0.25, 0.3) is 11.5 Å². The second-order valence-corrected chi connectivity index (χ2v) is 24.0. The molecule has 1 saturated heterocycles. The average molecular weight is 1120 g/mol. The van der Waals surface area contributed by atoms with E-state index in [1.54, 1.807) is 11.9 Å². The second kappa shape index (κ2) is 23.6. The van der Waals surface area contributed by atoms with Gasteiger partial charge in [0.2, 0.25) is 11.9 Å². The molecule has 0 spiro atoms. The first-order chi connectivity index (χ1) is 35.7. The van der Waals surface area contributed by atoms with E-state index in [1.165, 1.54) is 0 Å². The van der Waals surface area contributed by atoms with E-state index in [9.17, 15) is 53.0 Å². The maximum atomic E-state index is 14.2. The fourth-order valence-electron chi connectivity index (χ4n) is 9.14. The number of amides is 2. The Kier molecular flexibility index (Phi) is 18.1. The van der Waals surface area contributed by atoms with Crippen molar-refractivity contribution in [2.24, 2.45) is 0 Å². The van der Waals surface area contributed by atoms with Crippen LogP contribution in [-0.4, -0.2) is 151 Å². The van der Waals surface area contributed by atoms with E-state index in [0.29, 0.717) is 44.3 Å². The number of hydrogen-bond acceptors (Lipinski definition) is 17. The number of aliphatic hydroxyl groups excluding tert-OH is 2. The van der Waals surface area contributed by atoms with Gasteiger partial charge in [-0.2, -0.15) is 13.6 Å². The number of carbonyl (C=O) groups excluding carboxylic acids is 2. The van der Waals surface area contributed by atoms with Crippen molar-refractivity contribution in [3.05, 3.63) is 111 Å². The van der Waals surface area contributed by atoms with Crippen LogP contribution in [0.25, 0.3) is 16.7 Å². The molecule has 7 rings (SSSR count). The number of ether oxygens (including phenoxy) is 1. The lowest BCUT2D eigenvalue weighted by Crippen LogP contribution is -2.33. The van der Waals surface area contributed by atoms with Crippen molar-refractivity contribution in [1.82, 2.24) is 29.7 Å². The van der Waals surface area contributed by atoms with Crippen molar-refractivity contribution < 1.29 is 75.2 Å². The number of anilines is 2. The van der Waals surface area contributed by atoms with Gasteiger partial charge < -0.3 is 50.5 Å². The summed E-state index contributed by atoms with van der Waals surface area (Å²) in [7, 11) is -6.94. The molecule has 9 N–H and O–H groups in total. The van der Waals surface area contributed by atoms with Crippen LogP contribution >= 0.6 is 23.5 Å². The summed E-state index contributed by atoms with van der Waals surface area (Å²) in [4.78, 5) is 83.0. The van der Waals surface area contributed by atoms with E-state index in [1.807, 2.05) is 52.5 Å². The normalized spacial score (nSPS) is 21.3. The molecule has 0 bridgehead atoms. The molecule has 3 unspecified atom stereocenters. The van der Waals surface area contributed by atoms with Crippen LogP contribution in [0, 0.1) is 0 Å². The third kappa shape index (κ3) is 13.4. The number of rotatable bonds is 23. The van der Waals surface area contributed by atoms with Crippen molar-refractivity contribution in [3.63, 3.8) is 0 Å². The fourth-order valence-corrected chi connectivity index (χ4v) is 12.7. The number of aliphatic hydroxyl groups is 2. The molecule has 7 atom stereocenters. The number of aromatic nitrogens is 4. The predicted octanol–water partition coefficient (Wildman–Crippen LogP) is 4.29. The van der Waals surface area contributed by atoms with E-state index in [2.05, 4.69) is 93.2 Å². The van der Waals surface area contributed by atoms with E-state index < -0.39 is 66.8 Å². The number of fused-ring (bicyclic) bond motifs is 3. The molecular formula is C48H65N9O16P3+. The van der Waals surface area contributed by atoms with Crippen LogP contribution in [0.15, 0.2) is 83.0 Å². The van der Waals surface area contributed by atoms with Crippen LogP contribution < -0.4 is 21.5 Å². The molecular weight excluding hydrogens is 1050 g/mol. The summed E-state index contributed by atoms with van der Waals surface area (Å²) in [6, 6.07) is 14.1. The number of unbranched alkanes of at least 4 members (excludes halogenated alkanes) is 3. The van der Waals surface area contributed by atoms with E-state index in [-0.39, 0.29) is 47.2 Å². The number of aromatic amines is 1. The third-order valence-electron chi connectivity index (χ3n) is 13.1. The van der Waals surface area contributed by atoms with Gasteiger partial charge in [-0.3, -0.25) is 33.0 Å². The molecule has 2 aromatic carbocycles. The van der Waals surface area contributed by atoms with Crippen LogP contribution in [-0.2, 0) is 46.3 Å². The zero-order chi connectivity index (χ0) is 55.5. The number of nitrogens with one attached hydrogen (secondary N) is 2. The van der Waals surface area contributed by atoms with E-state index in [0.717, 1.165) is 55.7 Å². The number of allylic oxidation sites excluding steroid dienone is 5. The maximum Gasteiger partial charge on any atom is 0.490 e. The fraction of sp³-hybridized carbons (Fsp3) is 0.458. The Balaban J connectivity index is 0.814. The summed E-state index contributed by atoms with van der Waals surface area (Å²) >= 11 is 0. The van der Waals surface area contributed by atoms with Gasteiger partial charge in [-0.05, 0) is 76.9 Å². The quantitative estimate of drug-likeness (QED) is 0.0292. The van der Waals surface area contributed by atoms with Crippen molar-refractivity contribution in [3.8, 4) is 0 Å². The van der Waals surface area contributed by atoms with Crippen LogP contribution in [0.5, 0.6) is 0 Å². The Morgan fingerprint density at radius 1 is 0.921 bits per heavy atom. The Bertz CT molecular complexity index is 3200. The molecule has 1 aliphatic heterocycles. The Labute approximate surface area is 438 Å². The minimum atomic E-state index is -5.82. The number of nitrogens with two attached hydrogens (primary N) is 1. The molecule has 1 fully saturated rings. The predicted molar refractivity (Wildman–Crippen MR) is 280 cm³/mol. The molecule has 2 amide bonds. The molecule has 3 heterocycles. The van der Waals surface area contributed by atoms with Crippen molar-refractivity contribution in [2.45, 2.75) is 82.3 Å². The van der Waals surface area contributed by atoms with Gasteiger partial charge in [0.05, 0.1) is 19.5 Å². The SMILES string of the molecule is CN(CCCC(=O)NCCCCCCOP(=O)(O)OP(=O)(O)OP(=O)(O)OC[C@H]1O[C@@H](n2cnc3c(=O)[nH]c(N)nc32)[C@H](O)[C@@H]1O)C(=O)c1ccccc1C1=C2C=CC(=[N+](C)C)C=C2C(C)(C)c2cc(N(C)C)ccc21. The minimum absolute atomic E-state index is 0.122. The zero-order valence-electron chi connectivity index (χ0n) is 43.1. The summed E-state index contributed by atoms with van der Waals surface area (Å²) < 4.78 is 63.7. The molecule has 2 aliphatic carbocycles. The van der Waals surface area contributed by atoms with Crippen molar-refractivity contribution in [1.29, 1.82) is 0 Å². The smallest absolute Gasteiger partial charge is 0.387 e. The van der Waals surface area contributed by atoms with E-state index >= 15 is 0 Å². The second-order valence-electron chi connectivity index (χ2n) is 19.4. The van der Waals surface area contributed by atoms with Gasteiger partial charge in [0.1, 0.15) is 32.4 Å². The summed E-state index contributed by atoms with van der Waals surface area (Å²) in [6.07, 6.45) is 3.36. The minimum Gasteiger partial charge on any atom is -0.387 e. The van der Waals surface area contributed by atoms with Crippen LogP contribution in [0.2, 0.25) is 0 Å². The molecule has 76 heavy (non-hydrogen) atoms. The van der Waals surface area contributed by atoms with Crippen LogP contribution in [0.1, 0.15) is 85.6 Å². The Morgan fingerprint density at radius 3 is 2.33 bits per heavy atom. The zero-order valence-corrected chi connectivity index (χ0v) is 45.7. The van der Waals surface area contributed by atoms with Gasteiger partial charge in [0.15, 0.2) is 23.1 Å². The van der Waals surface area contributed by atoms with E-state index in [4.69, 9.17) is 15.0 Å². The largest absolute Gasteiger partial charge is 0.490 e. The first-order valence-electron chi connectivity index (χ1n) is 24.3. The number of benzene rings is 2. The summed E-state index contributed by atoms with van der Waals surface area (Å²) in [5.41, 5.74) is 13.2. The number of phosphoric ester groups is 2. The number of nitrogen functional groups attached to an aromatic ring is 1. The number of hydrogen-bond donors (Lipinski definition) is 8. The summed E-state index contributed by atoms with van der Waals surface area (Å²) in [5.74, 6) is -0.647. The molecule has 3 aliphatic rings. The first-order valence-corrected chi connectivity index (χ1v) is 28.8. The summed E-state index contributed by atoms with van der Waals surface area (Å²) in [6.45, 7) is 3.69. The number of imidazole rings is 1. The molecule has 28 heteroatoms. The Morgan fingerprint density at radius 2 is 1.62 bits per heavy atom. The lowest BCUT2D eigenvalue weighted by atomic mass is 9.64. The van der Waals surface area contributed by atoms with Gasteiger partial charge in [-0.25, -0.2) is 23.3 Å². The average Bonchev–Trinajstić information content (AvgIpc) is 3.91. The highest BCUT2D eigenvalue weighted by molar-refractivity contribution is 7.66. The summed E-state index contributed by atoms with van der Waals surface area (Å²) in [5, 5.41) is 24.0. The highest BCUT2D eigenvalue weighted by Gasteiger charge is 2.48. The molecule has 25 nitrogen and oxygen atoms in total. The molecule has 4 aromatic rings. The van der Waals surface area contributed by atoms with Crippen molar-refractivity contribution in [2.75, 3.05) is 72.2 Å². The first kappa shape index (κ1) is 58.2. The third-order valence-corrected chi connectivity index (χ3v) is 17.4. The Hall–Kier alpha value is -5.49. The molecule has 2 aromatic heterocycles. The lowest BCUT2D eigenvalue weighted by molar-refractivity contribution is -0.462. The highest BCUT2D eigenvalue weighted by Crippen LogP contribution is 2.68. The number of phosphoric acid groups is 3. The topological polar surface area (TPSA) is 344 Å². The van der Waals surface area contributed by atoms with Crippen LogP contribution in [0.3, 0.4) is 0 Å². The monoisotopic (exact) mass is 1120 g/mol. The highest BCUT2D eigenvalue weighted by atomic mass is 31.3. The lowest BCUT2D eigenvalue weighted by Gasteiger charge is -2.39. The van der Waals surface area contributed by atoms with Gasteiger partial charge in [0, 0.05) is 69.5 Å².